The Labute approximate surface area is 183 Å². The Morgan fingerprint density at radius 2 is 1.58 bits per heavy atom. The molecule has 156 valence electrons. The van der Waals surface area contributed by atoms with Crippen molar-refractivity contribution in [2.24, 2.45) is 0 Å². The molecule has 3 rings (SSSR count). The summed E-state index contributed by atoms with van der Waals surface area (Å²) < 4.78 is 0. The average Bonchev–Trinajstić information content (AvgIpc) is 2.79. The number of amides is 2. The molecule has 0 bridgehead atoms. The van der Waals surface area contributed by atoms with Crippen LogP contribution in [0.25, 0.3) is 6.08 Å². The minimum absolute atomic E-state index is 0.00705. The van der Waals surface area contributed by atoms with Crippen LogP contribution >= 0.6 is 11.6 Å². The fraction of sp³-hybridized carbons (Fsp3) is 0.0435. The van der Waals surface area contributed by atoms with Crippen molar-refractivity contribution in [3.63, 3.8) is 0 Å². The molecule has 0 fully saturated rings. The minimum atomic E-state index is -0.580. The van der Waals surface area contributed by atoms with E-state index in [4.69, 9.17) is 11.6 Å². The van der Waals surface area contributed by atoms with Crippen molar-refractivity contribution in [3.8, 4) is 0 Å². The summed E-state index contributed by atoms with van der Waals surface area (Å²) in [6, 6.07) is 21.3. The van der Waals surface area contributed by atoms with Gasteiger partial charge in [-0.1, -0.05) is 60.1 Å². The SMILES string of the molecule is O=C(NCc1ccccc1)/C(=C\c1ccccc1Cl)NC(=O)c1ccc([N+](=O)[O-])cc1. The lowest BCUT2D eigenvalue weighted by molar-refractivity contribution is -0.384. The molecule has 0 heterocycles. The van der Waals surface area contributed by atoms with Gasteiger partial charge in [-0.05, 0) is 35.4 Å². The number of halogens is 1. The first-order valence-electron chi connectivity index (χ1n) is 9.28. The second kappa shape index (κ2) is 10.2. The molecular weight excluding hydrogens is 418 g/mol. The van der Waals surface area contributed by atoms with Crippen molar-refractivity contribution in [1.82, 2.24) is 10.6 Å². The number of nitrogens with one attached hydrogen (secondary N) is 2. The zero-order valence-electron chi connectivity index (χ0n) is 16.2. The standard InChI is InChI=1S/C23H18ClN3O4/c24-20-9-5-4-8-18(20)14-21(23(29)25-15-16-6-2-1-3-7-16)26-22(28)17-10-12-19(13-11-17)27(30)31/h1-14H,15H2,(H,25,29)(H,26,28)/b21-14+. The van der Waals surface area contributed by atoms with Crippen molar-refractivity contribution in [2.75, 3.05) is 0 Å². The third kappa shape index (κ3) is 6.01. The molecule has 0 unspecified atom stereocenters. The summed E-state index contributed by atoms with van der Waals surface area (Å²) >= 11 is 6.19. The number of non-ortho nitro benzene ring substituents is 1. The predicted molar refractivity (Wildman–Crippen MR) is 118 cm³/mol. The Hall–Kier alpha value is -3.97. The van der Waals surface area contributed by atoms with Gasteiger partial charge in [-0.3, -0.25) is 19.7 Å². The molecule has 0 atom stereocenters. The van der Waals surface area contributed by atoms with Gasteiger partial charge >= 0.3 is 0 Å². The van der Waals surface area contributed by atoms with Crippen LogP contribution in [0.2, 0.25) is 5.02 Å². The van der Waals surface area contributed by atoms with E-state index < -0.39 is 16.7 Å². The lowest BCUT2D eigenvalue weighted by Gasteiger charge is -2.12. The molecule has 0 saturated heterocycles. The van der Waals surface area contributed by atoms with Gasteiger partial charge in [-0.25, -0.2) is 0 Å². The molecule has 7 nitrogen and oxygen atoms in total. The smallest absolute Gasteiger partial charge is 0.269 e. The monoisotopic (exact) mass is 435 g/mol. The average molecular weight is 436 g/mol. The van der Waals surface area contributed by atoms with Crippen LogP contribution < -0.4 is 10.6 Å². The van der Waals surface area contributed by atoms with E-state index in [1.165, 1.54) is 30.3 Å². The van der Waals surface area contributed by atoms with E-state index in [1.54, 1.807) is 24.3 Å². The normalized spacial score (nSPS) is 10.9. The molecule has 0 aliphatic rings. The Morgan fingerprint density at radius 1 is 0.935 bits per heavy atom. The van der Waals surface area contributed by atoms with E-state index >= 15 is 0 Å². The Bertz CT molecular complexity index is 1130. The maximum atomic E-state index is 12.8. The van der Waals surface area contributed by atoms with E-state index in [1.807, 2.05) is 30.3 Å². The minimum Gasteiger partial charge on any atom is -0.347 e. The molecular formula is C23H18ClN3O4. The highest BCUT2D eigenvalue weighted by atomic mass is 35.5. The van der Waals surface area contributed by atoms with Gasteiger partial charge in [0.05, 0.1) is 4.92 Å². The van der Waals surface area contributed by atoms with Gasteiger partial charge in [0.25, 0.3) is 17.5 Å². The first kappa shape index (κ1) is 21.7. The van der Waals surface area contributed by atoms with E-state index in [0.717, 1.165) is 5.56 Å². The number of hydrogen-bond acceptors (Lipinski definition) is 4. The van der Waals surface area contributed by atoms with Crippen LogP contribution in [0.1, 0.15) is 21.5 Å². The van der Waals surface area contributed by atoms with Crippen molar-refractivity contribution in [2.45, 2.75) is 6.54 Å². The highest BCUT2D eigenvalue weighted by Crippen LogP contribution is 2.18. The Balaban J connectivity index is 1.82. The number of benzene rings is 3. The van der Waals surface area contributed by atoms with Gasteiger partial charge in [0.15, 0.2) is 0 Å². The molecule has 0 aliphatic heterocycles. The molecule has 0 aromatic heterocycles. The van der Waals surface area contributed by atoms with Crippen LogP contribution in [-0.4, -0.2) is 16.7 Å². The van der Waals surface area contributed by atoms with E-state index in [9.17, 15) is 19.7 Å². The van der Waals surface area contributed by atoms with Crippen molar-refractivity contribution < 1.29 is 14.5 Å². The third-order valence-corrected chi connectivity index (χ3v) is 4.68. The molecule has 3 aromatic carbocycles. The number of hydrogen-bond donors (Lipinski definition) is 2. The molecule has 31 heavy (non-hydrogen) atoms. The summed E-state index contributed by atoms with van der Waals surface area (Å²) in [5.74, 6) is -1.08. The summed E-state index contributed by atoms with van der Waals surface area (Å²) in [7, 11) is 0. The van der Waals surface area contributed by atoms with Crippen LogP contribution in [0.4, 0.5) is 5.69 Å². The zero-order valence-corrected chi connectivity index (χ0v) is 17.0. The zero-order chi connectivity index (χ0) is 22.2. The predicted octanol–water partition coefficient (Wildman–Crippen LogP) is 4.34. The molecule has 2 N–H and O–H groups in total. The number of nitrogens with zero attached hydrogens (tertiary/aromatic N) is 1. The van der Waals surface area contributed by atoms with Gasteiger partial charge in [0.1, 0.15) is 5.70 Å². The third-order valence-electron chi connectivity index (χ3n) is 4.33. The van der Waals surface area contributed by atoms with Gasteiger partial charge in [-0.15, -0.1) is 0 Å². The van der Waals surface area contributed by atoms with Crippen molar-refractivity contribution >= 4 is 35.2 Å². The summed E-state index contributed by atoms with van der Waals surface area (Å²) in [6.45, 7) is 0.271. The van der Waals surface area contributed by atoms with E-state index in [-0.39, 0.29) is 23.5 Å². The van der Waals surface area contributed by atoms with Crippen LogP contribution in [0.15, 0.2) is 84.6 Å². The highest BCUT2D eigenvalue weighted by molar-refractivity contribution is 6.32. The van der Waals surface area contributed by atoms with Gasteiger partial charge in [0.2, 0.25) is 0 Å². The van der Waals surface area contributed by atoms with Gasteiger partial charge in [-0.2, -0.15) is 0 Å². The quantitative estimate of drug-likeness (QED) is 0.327. The van der Waals surface area contributed by atoms with Crippen LogP contribution in [0, 0.1) is 10.1 Å². The van der Waals surface area contributed by atoms with Crippen LogP contribution in [-0.2, 0) is 11.3 Å². The van der Waals surface area contributed by atoms with Crippen molar-refractivity contribution in [1.29, 1.82) is 0 Å². The molecule has 3 aromatic rings. The number of nitro groups is 1. The largest absolute Gasteiger partial charge is 0.347 e. The molecule has 0 aliphatic carbocycles. The molecule has 0 saturated carbocycles. The molecule has 0 radical (unpaired) electrons. The second-order valence-electron chi connectivity index (χ2n) is 6.51. The lowest BCUT2D eigenvalue weighted by atomic mass is 10.1. The number of nitro benzene ring substituents is 1. The fourth-order valence-corrected chi connectivity index (χ4v) is 2.90. The maximum absolute atomic E-state index is 12.8. The van der Waals surface area contributed by atoms with Gasteiger partial charge < -0.3 is 10.6 Å². The Morgan fingerprint density at radius 3 is 2.23 bits per heavy atom. The molecule has 8 heteroatoms. The van der Waals surface area contributed by atoms with Crippen LogP contribution in [0.3, 0.4) is 0 Å². The number of carbonyl (C=O) groups excluding carboxylic acids is 2. The summed E-state index contributed by atoms with van der Waals surface area (Å²) in [5, 5.41) is 16.6. The van der Waals surface area contributed by atoms with E-state index in [0.29, 0.717) is 10.6 Å². The maximum Gasteiger partial charge on any atom is 0.269 e. The first-order chi connectivity index (χ1) is 14.9. The number of carbonyl (C=O) groups is 2. The lowest BCUT2D eigenvalue weighted by Crippen LogP contribution is -2.34. The highest BCUT2D eigenvalue weighted by Gasteiger charge is 2.16. The molecule has 0 spiro atoms. The van der Waals surface area contributed by atoms with Crippen LogP contribution in [0.5, 0.6) is 0 Å². The Kier molecular flexibility index (Phi) is 7.13. The van der Waals surface area contributed by atoms with E-state index in [2.05, 4.69) is 10.6 Å². The first-order valence-corrected chi connectivity index (χ1v) is 9.66. The summed E-state index contributed by atoms with van der Waals surface area (Å²) in [6.07, 6.45) is 1.48. The summed E-state index contributed by atoms with van der Waals surface area (Å²) in [4.78, 5) is 35.7. The second-order valence-corrected chi connectivity index (χ2v) is 6.91. The topological polar surface area (TPSA) is 101 Å². The van der Waals surface area contributed by atoms with Crippen molar-refractivity contribution in [3.05, 3.63) is 116 Å². The van der Waals surface area contributed by atoms with Gasteiger partial charge in [0, 0.05) is 29.3 Å². The number of rotatable bonds is 7. The summed E-state index contributed by atoms with van der Waals surface area (Å²) in [5.41, 5.74) is 1.48. The molecule has 2 amide bonds. The fourth-order valence-electron chi connectivity index (χ4n) is 2.71.